The van der Waals surface area contributed by atoms with Crippen LogP contribution in [-0.4, -0.2) is 18.4 Å². The van der Waals surface area contributed by atoms with Crippen molar-refractivity contribution in [2.45, 2.75) is 16.6 Å². The van der Waals surface area contributed by atoms with E-state index in [0.717, 1.165) is 16.1 Å². The minimum atomic E-state index is -0.251. The van der Waals surface area contributed by atoms with Crippen molar-refractivity contribution in [1.82, 2.24) is 0 Å². The summed E-state index contributed by atoms with van der Waals surface area (Å²) in [6.45, 7) is -0.0411. The number of para-hydroxylation sites is 1. The van der Waals surface area contributed by atoms with E-state index in [1.165, 1.54) is 0 Å². The van der Waals surface area contributed by atoms with Gasteiger partial charge in [-0.2, -0.15) is 0 Å². The molecule has 0 unspecified atom stereocenters. The van der Waals surface area contributed by atoms with E-state index >= 15 is 0 Å². The van der Waals surface area contributed by atoms with Gasteiger partial charge in [0.25, 0.3) is 0 Å². The summed E-state index contributed by atoms with van der Waals surface area (Å²) in [5.41, 5.74) is 2.52. The molecule has 4 rings (SSSR count). The molecule has 0 saturated heterocycles. The molecule has 0 bridgehead atoms. The third-order valence-electron chi connectivity index (χ3n) is 4.69. The van der Waals surface area contributed by atoms with Crippen LogP contribution in [0, 0.1) is 0 Å². The number of amides is 2. The molecule has 1 heterocycles. The molecule has 0 aromatic heterocycles. The molecule has 0 radical (unpaired) electrons. The highest BCUT2D eigenvalue weighted by atomic mass is 35.5. The highest BCUT2D eigenvalue weighted by molar-refractivity contribution is 7.99. The number of nitrogens with one attached hydrogen (secondary N) is 1. The van der Waals surface area contributed by atoms with E-state index in [1.54, 1.807) is 40.9 Å². The number of rotatable bonds is 4. The Kier molecular flexibility index (Phi) is 5.88. The molecule has 0 aliphatic carbocycles. The Labute approximate surface area is 178 Å². The first-order valence-corrected chi connectivity index (χ1v) is 10.5. The van der Waals surface area contributed by atoms with Gasteiger partial charge in [0.1, 0.15) is 6.54 Å². The normalized spacial score (nSPS) is 16.1. The Morgan fingerprint density at radius 1 is 1.00 bits per heavy atom. The monoisotopic (exact) mass is 422 g/mol. The fourth-order valence-corrected chi connectivity index (χ4v) is 4.69. The minimum absolute atomic E-state index is 0.00850. The van der Waals surface area contributed by atoms with Gasteiger partial charge in [-0.25, -0.2) is 0 Å². The van der Waals surface area contributed by atoms with Crippen molar-refractivity contribution in [2.24, 2.45) is 0 Å². The first kappa shape index (κ1) is 19.6. The number of fused-ring (bicyclic) bond motifs is 1. The Hall–Kier alpha value is -2.76. The summed E-state index contributed by atoms with van der Waals surface area (Å²) in [4.78, 5) is 28.3. The van der Waals surface area contributed by atoms with Crippen LogP contribution in [0.1, 0.15) is 17.2 Å². The summed E-state index contributed by atoms with van der Waals surface area (Å²) in [5, 5.41) is 3.44. The zero-order valence-electron chi connectivity index (χ0n) is 15.5. The maximum atomic E-state index is 13.1. The van der Waals surface area contributed by atoms with Gasteiger partial charge in [-0.1, -0.05) is 54.1 Å². The van der Waals surface area contributed by atoms with Gasteiger partial charge in [0, 0.05) is 27.3 Å². The number of halogens is 1. The Morgan fingerprint density at radius 2 is 1.69 bits per heavy atom. The van der Waals surface area contributed by atoms with Crippen LogP contribution in [0.15, 0.2) is 83.8 Å². The number of hydrogen-bond donors (Lipinski definition) is 1. The number of carbonyl (C=O) groups is 2. The summed E-state index contributed by atoms with van der Waals surface area (Å²) >= 11 is 7.56. The lowest BCUT2D eigenvalue weighted by Crippen LogP contribution is -2.38. The average molecular weight is 423 g/mol. The van der Waals surface area contributed by atoms with Crippen molar-refractivity contribution in [3.05, 3.63) is 89.4 Å². The summed E-state index contributed by atoms with van der Waals surface area (Å²) in [5.74, 6) is -0.318. The predicted octanol–water partition coefficient (Wildman–Crippen LogP) is 5.55. The molecule has 6 heteroatoms. The van der Waals surface area contributed by atoms with E-state index in [2.05, 4.69) is 5.32 Å². The first-order chi connectivity index (χ1) is 14.1. The van der Waals surface area contributed by atoms with Crippen LogP contribution in [0.5, 0.6) is 0 Å². The SMILES string of the molecule is O=C(CN1C(=O)C[C@H](c2ccccc2)Sc2ccccc21)Nc1ccc(Cl)cc1. The second-order valence-electron chi connectivity index (χ2n) is 6.72. The maximum Gasteiger partial charge on any atom is 0.244 e. The molecule has 146 valence electrons. The number of carbonyl (C=O) groups excluding carboxylic acids is 2. The average Bonchev–Trinajstić information content (AvgIpc) is 2.87. The number of thioether (sulfide) groups is 1. The smallest absolute Gasteiger partial charge is 0.244 e. The third kappa shape index (κ3) is 4.63. The van der Waals surface area contributed by atoms with Crippen LogP contribution in [-0.2, 0) is 9.59 Å². The van der Waals surface area contributed by atoms with Gasteiger partial charge < -0.3 is 10.2 Å². The molecular weight excluding hydrogens is 404 g/mol. The van der Waals surface area contributed by atoms with Crippen LogP contribution in [0.2, 0.25) is 5.02 Å². The fourth-order valence-electron chi connectivity index (χ4n) is 3.28. The molecule has 3 aromatic carbocycles. The molecule has 29 heavy (non-hydrogen) atoms. The molecule has 1 N–H and O–H groups in total. The van der Waals surface area contributed by atoms with Crippen molar-refractivity contribution in [2.75, 3.05) is 16.8 Å². The van der Waals surface area contributed by atoms with Crippen molar-refractivity contribution in [3.8, 4) is 0 Å². The minimum Gasteiger partial charge on any atom is -0.325 e. The lowest BCUT2D eigenvalue weighted by molar-refractivity contribution is -0.121. The van der Waals surface area contributed by atoms with Crippen LogP contribution in [0.3, 0.4) is 0 Å². The Balaban J connectivity index is 1.57. The molecule has 0 fully saturated rings. The summed E-state index contributed by atoms with van der Waals surface area (Å²) in [7, 11) is 0. The second-order valence-corrected chi connectivity index (χ2v) is 8.40. The molecule has 2 amide bonds. The Morgan fingerprint density at radius 3 is 2.45 bits per heavy atom. The predicted molar refractivity (Wildman–Crippen MR) is 119 cm³/mol. The molecule has 0 saturated carbocycles. The molecule has 1 aliphatic rings. The van der Waals surface area contributed by atoms with Crippen molar-refractivity contribution < 1.29 is 9.59 Å². The molecule has 1 aliphatic heterocycles. The quantitative estimate of drug-likeness (QED) is 0.599. The summed E-state index contributed by atoms with van der Waals surface area (Å²) in [6, 6.07) is 24.6. The van der Waals surface area contributed by atoms with Crippen LogP contribution < -0.4 is 10.2 Å². The van der Waals surface area contributed by atoms with Crippen LogP contribution >= 0.6 is 23.4 Å². The van der Waals surface area contributed by atoms with E-state index in [0.29, 0.717) is 17.1 Å². The zero-order chi connectivity index (χ0) is 20.2. The largest absolute Gasteiger partial charge is 0.325 e. The number of hydrogen-bond acceptors (Lipinski definition) is 3. The Bertz CT molecular complexity index is 1020. The van der Waals surface area contributed by atoms with Gasteiger partial charge in [0.05, 0.1) is 5.69 Å². The number of nitrogens with zero attached hydrogens (tertiary/aromatic N) is 1. The molecule has 0 spiro atoms. The van der Waals surface area contributed by atoms with Gasteiger partial charge in [-0.15, -0.1) is 11.8 Å². The van der Waals surface area contributed by atoms with Crippen molar-refractivity contribution >= 4 is 46.6 Å². The maximum absolute atomic E-state index is 13.1. The molecule has 3 aromatic rings. The van der Waals surface area contributed by atoms with Gasteiger partial charge in [0.15, 0.2) is 0 Å². The van der Waals surface area contributed by atoms with Crippen molar-refractivity contribution in [3.63, 3.8) is 0 Å². The second kappa shape index (κ2) is 8.72. The van der Waals surface area contributed by atoms with Gasteiger partial charge >= 0.3 is 0 Å². The fraction of sp³-hybridized carbons (Fsp3) is 0.130. The lowest BCUT2D eigenvalue weighted by Gasteiger charge is -2.22. The van der Waals surface area contributed by atoms with E-state index in [9.17, 15) is 9.59 Å². The van der Waals surface area contributed by atoms with Crippen LogP contribution in [0.25, 0.3) is 0 Å². The lowest BCUT2D eigenvalue weighted by atomic mass is 10.1. The number of benzene rings is 3. The van der Waals surface area contributed by atoms with E-state index in [-0.39, 0.29) is 23.6 Å². The standard InChI is InChI=1S/C23H19ClN2O2S/c24-17-10-12-18(13-11-17)25-22(27)15-26-19-8-4-5-9-20(19)29-21(14-23(26)28)16-6-2-1-3-7-16/h1-13,21H,14-15H2,(H,25,27)/t21-/m1/s1. The highest BCUT2D eigenvalue weighted by Gasteiger charge is 2.30. The van der Waals surface area contributed by atoms with Crippen molar-refractivity contribution in [1.29, 1.82) is 0 Å². The molecular formula is C23H19ClN2O2S. The van der Waals surface area contributed by atoms with Crippen LogP contribution in [0.4, 0.5) is 11.4 Å². The summed E-state index contributed by atoms with van der Waals surface area (Å²) < 4.78 is 0. The first-order valence-electron chi connectivity index (χ1n) is 9.26. The van der Waals surface area contributed by atoms with E-state index < -0.39 is 0 Å². The molecule has 1 atom stereocenters. The van der Waals surface area contributed by atoms with Gasteiger partial charge in [-0.3, -0.25) is 9.59 Å². The third-order valence-corrected chi connectivity index (χ3v) is 6.26. The van der Waals surface area contributed by atoms with Gasteiger partial charge in [0.2, 0.25) is 11.8 Å². The topological polar surface area (TPSA) is 49.4 Å². The highest BCUT2D eigenvalue weighted by Crippen LogP contribution is 2.45. The van der Waals surface area contributed by atoms with E-state index in [1.807, 2.05) is 54.6 Å². The van der Waals surface area contributed by atoms with Gasteiger partial charge in [-0.05, 0) is 42.0 Å². The zero-order valence-corrected chi connectivity index (χ0v) is 17.1. The number of anilines is 2. The van der Waals surface area contributed by atoms with E-state index in [4.69, 9.17) is 11.6 Å². The summed E-state index contributed by atoms with van der Waals surface area (Å²) in [6.07, 6.45) is 0.331. The molecule has 4 nitrogen and oxygen atoms in total.